The molecule has 1 aromatic rings. The fourth-order valence-corrected chi connectivity index (χ4v) is 1.58. The number of imidazole rings is 1. The Morgan fingerprint density at radius 3 is 3.00 bits per heavy atom. The highest BCUT2D eigenvalue weighted by molar-refractivity contribution is 9.09. The van der Waals surface area contributed by atoms with Gasteiger partial charge in [0.1, 0.15) is 12.4 Å². The molecular weight excluding hydrogens is 192 g/mol. The number of hydrogen-bond acceptors (Lipinski definition) is 0. The highest BCUT2D eigenvalue weighted by Crippen LogP contribution is 2.12. The third-order valence-electron chi connectivity index (χ3n) is 1.42. The van der Waals surface area contributed by atoms with Gasteiger partial charge in [-0.25, -0.2) is 4.57 Å². The lowest BCUT2D eigenvalue weighted by atomic mass is 10.3. The van der Waals surface area contributed by atoms with Crippen molar-refractivity contribution in [1.29, 1.82) is 0 Å². The van der Waals surface area contributed by atoms with Crippen LogP contribution in [-0.4, -0.2) is 4.98 Å². The highest BCUT2D eigenvalue weighted by Gasteiger charge is 2.07. The molecule has 0 radical (unpaired) electrons. The van der Waals surface area contributed by atoms with Gasteiger partial charge in [-0.15, -0.1) is 0 Å². The molecule has 1 N–H and O–H groups in total. The van der Waals surface area contributed by atoms with Gasteiger partial charge >= 0.3 is 0 Å². The van der Waals surface area contributed by atoms with Gasteiger partial charge in [0.05, 0.1) is 0 Å². The molecule has 2 nitrogen and oxygen atoms in total. The van der Waals surface area contributed by atoms with Crippen LogP contribution in [0.25, 0.3) is 0 Å². The van der Waals surface area contributed by atoms with Gasteiger partial charge in [-0.3, -0.25) is 4.98 Å². The van der Waals surface area contributed by atoms with E-state index < -0.39 is 0 Å². The SMILES string of the molecule is CCCC(Br)[n+]1cc[nH]c1. The first-order chi connectivity index (χ1) is 4.84. The maximum Gasteiger partial charge on any atom is 0.242 e. The van der Waals surface area contributed by atoms with Crippen LogP contribution in [0.5, 0.6) is 0 Å². The Hall–Kier alpha value is -0.310. The van der Waals surface area contributed by atoms with Crippen molar-refractivity contribution in [2.24, 2.45) is 0 Å². The summed E-state index contributed by atoms with van der Waals surface area (Å²) in [4.78, 5) is 3.45. The zero-order chi connectivity index (χ0) is 7.40. The Labute approximate surface area is 69.4 Å². The number of rotatable bonds is 3. The molecule has 1 aromatic heterocycles. The predicted molar refractivity (Wildman–Crippen MR) is 43.9 cm³/mol. The van der Waals surface area contributed by atoms with Crippen LogP contribution in [0.3, 0.4) is 0 Å². The predicted octanol–water partition coefficient (Wildman–Crippen LogP) is 2.00. The van der Waals surface area contributed by atoms with Crippen molar-refractivity contribution in [3.8, 4) is 0 Å². The molecule has 1 rings (SSSR count). The Morgan fingerprint density at radius 1 is 1.70 bits per heavy atom. The maximum atomic E-state index is 3.57. The lowest BCUT2D eigenvalue weighted by Crippen LogP contribution is -2.32. The van der Waals surface area contributed by atoms with E-state index in [1.54, 1.807) is 0 Å². The van der Waals surface area contributed by atoms with Gasteiger partial charge in [0, 0.05) is 0 Å². The topological polar surface area (TPSA) is 19.7 Å². The zero-order valence-electron chi connectivity index (χ0n) is 6.05. The lowest BCUT2D eigenvalue weighted by Gasteiger charge is -2.01. The Bertz CT molecular complexity index is 172. The summed E-state index contributed by atoms with van der Waals surface area (Å²) in [5.74, 6) is 0. The van der Waals surface area contributed by atoms with Gasteiger partial charge < -0.3 is 0 Å². The van der Waals surface area contributed by atoms with E-state index in [0.717, 1.165) is 0 Å². The molecule has 10 heavy (non-hydrogen) atoms. The number of H-pyrrole nitrogens is 1. The summed E-state index contributed by atoms with van der Waals surface area (Å²) >= 11 is 3.57. The zero-order valence-corrected chi connectivity index (χ0v) is 7.63. The van der Waals surface area contributed by atoms with Crippen LogP contribution in [0.2, 0.25) is 0 Å². The molecule has 0 aromatic carbocycles. The van der Waals surface area contributed by atoms with E-state index in [0.29, 0.717) is 4.95 Å². The normalized spacial score (nSPS) is 13.4. The van der Waals surface area contributed by atoms with E-state index in [1.807, 2.05) is 18.7 Å². The van der Waals surface area contributed by atoms with E-state index in [2.05, 4.69) is 32.4 Å². The van der Waals surface area contributed by atoms with E-state index >= 15 is 0 Å². The van der Waals surface area contributed by atoms with Gasteiger partial charge in [0.25, 0.3) is 0 Å². The molecule has 0 saturated carbocycles. The summed E-state index contributed by atoms with van der Waals surface area (Å²) < 4.78 is 2.11. The number of nitrogens with one attached hydrogen (secondary N) is 1. The number of hydrogen-bond donors (Lipinski definition) is 1. The number of aromatic amines is 1. The van der Waals surface area contributed by atoms with E-state index in [9.17, 15) is 0 Å². The van der Waals surface area contributed by atoms with Crippen LogP contribution < -0.4 is 4.57 Å². The van der Waals surface area contributed by atoms with E-state index in [1.165, 1.54) is 12.8 Å². The van der Waals surface area contributed by atoms with Crippen LogP contribution in [0.15, 0.2) is 18.7 Å². The van der Waals surface area contributed by atoms with Crippen LogP contribution in [0.4, 0.5) is 0 Å². The summed E-state index contributed by atoms with van der Waals surface area (Å²) in [5.41, 5.74) is 0. The second-order valence-electron chi connectivity index (χ2n) is 2.28. The summed E-state index contributed by atoms with van der Waals surface area (Å²) in [6.45, 7) is 2.18. The van der Waals surface area contributed by atoms with Crippen molar-refractivity contribution in [2.75, 3.05) is 0 Å². The molecule has 1 heterocycles. The second kappa shape index (κ2) is 3.76. The summed E-state index contributed by atoms with van der Waals surface area (Å²) in [6.07, 6.45) is 8.27. The number of alkyl halides is 1. The van der Waals surface area contributed by atoms with Gasteiger partial charge in [-0.1, -0.05) is 13.3 Å². The van der Waals surface area contributed by atoms with Crippen molar-refractivity contribution in [3.05, 3.63) is 18.7 Å². The summed E-state index contributed by atoms with van der Waals surface area (Å²) in [7, 11) is 0. The second-order valence-corrected chi connectivity index (χ2v) is 3.34. The largest absolute Gasteiger partial charge is 0.250 e. The lowest BCUT2D eigenvalue weighted by molar-refractivity contribution is -0.697. The van der Waals surface area contributed by atoms with E-state index in [4.69, 9.17) is 0 Å². The fourth-order valence-electron chi connectivity index (χ4n) is 0.863. The standard InChI is InChI=1S/C7H11BrN2/c1-2-3-7(8)10-5-4-9-6-10/h4-7H,2-3H2,1H3/p+1. The average Bonchev–Trinajstić information content (AvgIpc) is 2.38. The summed E-state index contributed by atoms with van der Waals surface area (Å²) in [5, 5.41) is 0. The van der Waals surface area contributed by atoms with E-state index in [-0.39, 0.29) is 0 Å². The minimum atomic E-state index is 0.448. The molecule has 0 aliphatic rings. The van der Waals surface area contributed by atoms with Crippen molar-refractivity contribution in [3.63, 3.8) is 0 Å². The molecule has 0 aliphatic carbocycles. The molecule has 0 aliphatic heterocycles. The first kappa shape index (κ1) is 7.79. The number of nitrogens with zero attached hydrogens (tertiary/aromatic N) is 1. The summed E-state index contributed by atoms with van der Waals surface area (Å²) in [6, 6.07) is 0. The number of aromatic nitrogens is 2. The highest BCUT2D eigenvalue weighted by atomic mass is 79.9. The Kier molecular flexibility index (Phi) is 2.93. The molecular formula is C7H12BrN2+. The van der Waals surface area contributed by atoms with Crippen molar-refractivity contribution in [1.82, 2.24) is 4.98 Å². The van der Waals surface area contributed by atoms with Gasteiger partial charge in [0.2, 0.25) is 6.33 Å². The first-order valence-electron chi connectivity index (χ1n) is 3.52. The monoisotopic (exact) mass is 203 g/mol. The number of halogens is 1. The van der Waals surface area contributed by atoms with Crippen LogP contribution in [0, 0.1) is 0 Å². The van der Waals surface area contributed by atoms with Crippen LogP contribution in [0.1, 0.15) is 24.7 Å². The molecule has 0 fully saturated rings. The molecule has 1 unspecified atom stereocenters. The van der Waals surface area contributed by atoms with Crippen molar-refractivity contribution >= 4 is 15.9 Å². The molecule has 0 bridgehead atoms. The van der Waals surface area contributed by atoms with Crippen molar-refractivity contribution in [2.45, 2.75) is 24.7 Å². The Morgan fingerprint density at radius 2 is 2.50 bits per heavy atom. The van der Waals surface area contributed by atoms with Gasteiger partial charge in [-0.2, -0.15) is 0 Å². The molecule has 0 amide bonds. The fraction of sp³-hybridized carbons (Fsp3) is 0.571. The maximum absolute atomic E-state index is 3.57. The third-order valence-corrected chi connectivity index (χ3v) is 2.35. The molecule has 3 heteroatoms. The minimum Gasteiger partial charge on any atom is -0.250 e. The quantitative estimate of drug-likeness (QED) is 0.573. The minimum absolute atomic E-state index is 0.448. The Balaban J connectivity index is 2.50. The van der Waals surface area contributed by atoms with Crippen LogP contribution >= 0.6 is 15.9 Å². The van der Waals surface area contributed by atoms with Gasteiger partial charge in [-0.05, 0) is 22.4 Å². The molecule has 0 saturated heterocycles. The molecule has 1 atom stereocenters. The van der Waals surface area contributed by atoms with Gasteiger partial charge in [0.15, 0.2) is 4.95 Å². The first-order valence-corrected chi connectivity index (χ1v) is 4.43. The smallest absolute Gasteiger partial charge is 0.242 e. The van der Waals surface area contributed by atoms with Crippen LogP contribution in [-0.2, 0) is 0 Å². The third kappa shape index (κ3) is 1.84. The molecule has 0 spiro atoms. The molecule has 56 valence electrons. The average molecular weight is 204 g/mol. The van der Waals surface area contributed by atoms with Crippen molar-refractivity contribution < 1.29 is 4.57 Å².